The molecule has 18 heavy (non-hydrogen) atoms. The number of amides is 1. The number of anilines is 1. The molecular weight excluding hydrogens is 259 g/mol. The summed E-state index contributed by atoms with van der Waals surface area (Å²) in [6.07, 6.45) is 0. The Morgan fingerprint density at radius 2 is 2.17 bits per heavy atom. The van der Waals surface area contributed by atoms with E-state index in [1.165, 1.54) is 18.2 Å². The Hall–Kier alpha value is -1.17. The summed E-state index contributed by atoms with van der Waals surface area (Å²) in [4.78, 5) is 13.7. The summed E-state index contributed by atoms with van der Waals surface area (Å²) in [5, 5.41) is 2.90. The van der Waals surface area contributed by atoms with Gasteiger partial charge in [-0.2, -0.15) is 0 Å². The third-order valence-electron chi connectivity index (χ3n) is 2.67. The van der Waals surface area contributed by atoms with Crippen LogP contribution in [0.2, 0.25) is 5.02 Å². The summed E-state index contributed by atoms with van der Waals surface area (Å²) in [5.41, 5.74) is 0.112. The molecule has 0 atom stereocenters. The lowest BCUT2D eigenvalue weighted by Gasteiger charge is -2.25. The molecule has 98 valence electrons. The van der Waals surface area contributed by atoms with E-state index in [2.05, 4.69) is 5.32 Å². The van der Waals surface area contributed by atoms with E-state index >= 15 is 0 Å². The Bertz CT molecular complexity index is 436. The molecule has 2 rings (SSSR count). The van der Waals surface area contributed by atoms with Gasteiger partial charge < -0.3 is 10.1 Å². The predicted molar refractivity (Wildman–Crippen MR) is 67.3 cm³/mol. The number of hydrogen-bond donors (Lipinski definition) is 1. The second kappa shape index (κ2) is 6.13. The van der Waals surface area contributed by atoms with Gasteiger partial charge in [0.2, 0.25) is 5.91 Å². The fourth-order valence-corrected chi connectivity index (χ4v) is 1.92. The van der Waals surface area contributed by atoms with Crippen LogP contribution in [0.15, 0.2) is 18.2 Å². The van der Waals surface area contributed by atoms with E-state index in [0.717, 1.165) is 0 Å². The maximum absolute atomic E-state index is 13.4. The third kappa shape index (κ3) is 3.66. The van der Waals surface area contributed by atoms with Crippen molar-refractivity contribution in [1.29, 1.82) is 0 Å². The summed E-state index contributed by atoms with van der Waals surface area (Å²) in [5.74, 6) is -0.743. The van der Waals surface area contributed by atoms with Crippen molar-refractivity contribution in [3.8, 4) is 0 Å². The molecule has 1 aromatic rings. The zero-order chi connectivity index (χ0) is 13.0. The fourth-order valence-electron chi connectivity index (χ4n) is 1.75. The van der Waals surface area contributed by atoms with E-state index in [1.807, 2.05) is 4.90 Å². The molecule has 0 aromatic heterocycles. The molecule has 1 aliphatic rings. The molecule has 0 spiro atoms. The zero-order valence-electron chi connectivity index (χ0n) is 9.79. The lowest BCUT2D eigenvalue weighted by atomic mass is 10.3. The fraction of sp³-hybridized carbons (Fsp3) is 0.417. The largest absolute Gasteiger partial charge is 0.379 e. The summed E-state index contributed by atoms with van der Waals surface area (Å²) >= 11 is 5.75. The number of ether oxygens (including phenoxy) is 1. The highest BCUT2D eigenvalue weighted by Crippen LogP contribution is 2.19. The Labute approximate surface area is 110 Å². The number of nitrogens with zero attached hydrogens (tertiary/aromatic N) is 1. The Kier molecular flexibility index (Phi) is 4.52. The van der Waals surface area contributed by atoms with Gasteiger partial charge in [-0.15, -0.1) is 0 Å². The standard InChI is InChI=1S/C12H14ClFN2O2/c13-9-1-2-10(14)11(7-9)15-12(17)8-16-3-5-18-6-4-16/h1-2,7H,3-6,8H2,(H,15,17). The number of halogens is 2. The van der Waals surface area contributed by atoms with E-state index in [-0.39, 0.29) is 18.1 Å². The average Bonchev–Trinajstić information content (AvgIpc) is 2.35. The van der Waals surface area contributed by atoms with Gasteiger partial charge in [-0.1, -0.05) is 11.6 Å². The number of rotatable bonds is 3. The number of hydrogen-bond acceptors (Lipinski definition) is 3. The van der Waals surface area contributed by atoms with Gasteiger partial charge in [0.05, 0.1) is 25.4 Å². The van der Waals surface area contributed by atoms with Gasteiger partial charge in [0.1, 0.15) is 5.82 Å². The quantitative estimate of drug-likeness (QED) is 0.911. The second-order valence-electron chi connectivity index (χ2n) is 4.06. The van der Waals surface area contributed by atoms with Gasteiger partial charge >= 0.3 is 0 Å². The van der Waals surface area contributed by atoms with Crippen molar-refractivity contribution < 1.29 is 13.9 Å². The normalized spacial score (nSPS) is 16.6. The molecule has 6 heteroatoms. The molecule has 1 amide bonds. The van der Waals surface area contributed by atoms with Crippen molar-refractivity contribution in [3.63, 3.8) is 0 Å². The van der Waals surface area contributed by atoms with Crippen LogP contribution in [0.4, 0.5) is 10.1 Å². The first-order chi connectivity index (χ1) is 8.65. The first kappa shape index (κ1) is 13.3. The van der Waals surface area contributed by atoms with Gasteiger partial charge in [0.25, 0.3) is 0 Å². The minimum absolute atomic E-state index is 0.112. The SMILES string of the molecule is O=C(CN1CCOCC1)Nc1cc(Cl)ccc1F. The van der Waals surface area contributed by atoms with Gasteiger partial charge in [0, 0.05) is 18.1 Å². The van der Waals surface area contributed by atoms with Crippen LogP contribution < -0.4 is 5.32 Å². The first-order valence-electron chi connectivity index (χ1n) is 5.70. The maximum Gasteiger partial charge on any atom is 0.238 e. The van der Waals surface area contributed by atoms with Crippen LogP contribution in [0.1, 0.15) is 0 Å². The molecule has 1 heterocycles. The van der Waals surface area contributed by atoms with Gasteiger partial charge in [-0.25, -0.2) is 4.39 Å². The van der Waals surface area contributed by atoms with E-state index in [1.54, 1.807) is 0 Å². The predicted octanol–water partition coefficient (Wildman–Crippen LogP) is 1.75. The van der Waals surface area contributed by atoms with E-state index < -0.39 is 5.82 Å². The molecule has 4 nitrogen and oxygen atoms in total. The molecule has 1 aromatic carbocycles. The molecule has 0 bridgehead atoms. The first-order valence-corrected chi connectivity index (χ1v) is 6.08. The summed E-state index contributed by atoms with van der Waals surface area (Å²) in [6, 6.07) is 4.06. The number of benzene rings is 1. The Balaban J connectivity index is 1.92. The van der Waals surface area contributed by atoms with Crippen molar-refractivity contribution in [2.24, 2.45) is 0 Å². The highest BCUT2D eigenvalue weighted by atomic mass is 35.5. The highest BCUT2D eigenvalue weighted by molar-refractivity contribution is 6.30. The molecule has 0 unspecified atom stereocenters. The lowest BCUT2D eigenvalue weighted by Crippen LogP contribution is -2.41. The molecule has 1 saturated heterocycles. The van der Waals surface area contributed by atoms with Gasteiger partial charge in [-0.3, -0.25) is 9.69 Å². The van der Waals surface area contributed by atoms with Crippen LogP contribution in [-0.4, -0.2) is 43.7 Å². The van der Waals surface area contributed by atoms with Crippen LogP contribution in [-0.2, 0) is 9.53 Å². The number of morpholine rings is 1. The van der Waals surface area contributed by atoms with Crippen LogP contribution >= 0.6 is 11.6 Å². The third-order valence-corrected chi connectivity index (χ3v) is 2.91. The lowest BCUT2D eigenvalue weighted by molar-refractivity contribution is -0.118. The Morgan fingerprint density at radius 3 is 2.89 bits per heavy atom. The molecule has 0 radical (unpaired) electrons. The minimum atomic E-state index is -0.491. The topological polar surface area (TPSA) is 41.6 Å². The smallest absolute Gasteiger partial charge is 0.238 e. The summed E-state index contributed by atoms with van der Waals surface area (Å²) < 4.78 is 18.6. The minimum Gasteiger partial charge on any atom is -0.379 e. The molecule has 1 aliphatic heterocycles. The second-order valence-corrected chi connectivity index (χ2v) is 4.50. The maximum atomic E-state index is 13.4. The average molecular weight is 273 g/mol. The molecular formula is C12H14ClFN2O2. The van der Waals surface area contributed by atoms with Crippen molar-refractivity contribution in [1.82, 2.24) is 4.90 Å². The molecule has 1 N–H and O–H groups in total. The monoisotopic (exact) mass is 272 g/mol. The van der Waals surface area contributed by atoms with E-state index in [4.69, 9.17) is 16.3 Å². The zero-order valence-corrected chi connectivity index (χ0v) is 10.5. The molecule has 1 fully saturated rings. The number of carbonyl (C=O) groups excluding carboxylic acids is 1. The summed E-state index contributed by atoms with van der Waals surface area (Å²) in [7, 11) is 0. The van der Waals surface area contributed by atoms with Crippen LogP contribution in [0, 0.1) is 5.82 Å². The molecule has 0 saturated carbocycles. The van der Waals surface area contributed by atoms with Gasteiger partial charge in [-0.05, 0) is 18.2 Å². The van der Waals surface area contributed by atoms with Crippen LogP contribution in [0.25, 0.3) is 0 Å². The van der Waals surface area contributed by atoms with Crippen LogP contribution in [0.5, 0.6) is 0 Å². The van der Waals surface area contributed by atoms with E-state index in [9.17, 15) is 9.18 Å². The number of nitrogens with one attached hydrogen (secondary N) is 1. The van der Waals surface area contributed by atoms with Crippen LogP contribution in [0.3, 0.4) is 0 Å². The highest BCUT2D eigenvalue weighted by Gasteiger charge is 2.15. The summed E-state index contributed by atoms with van der Waals surface area (Å²) in [6.45, 7) is 2.91. The number of carbonyl (C=O) groups is 1. The van der Waals surface area contributed by atoms with Crippen molar-refractivity contribution in [2.45, 2.75) is 0 Å². The van der Waals surface area contributed by atoms with Gasteiger partial charge in [0.15, 0.2) is 0 Å². The van der Waals surface area contributed by atoms with Crippen molar-refractivity contribution >= 4 is 23.2 Å². The Morgan fingerprint density at radius 1 is 1.44 bits per heavy atom. The molecule has 0 aliphatic carbocycles. The van der Waals surface area contributed by atoms with E-state index in [0.29, 0.717) is 31.3 Å². The van der Waals surface area contributed by atoms with Crippen molar-refractivity contribution in [3.05, 3.63) is 29.0 Å². The van der Waals surface area contributed by atoms with Crippen molar-refractivity contribution in [2.75, 3.05) is 38.2 Å².